The van der Waals surface area contributed by atoms with E-state index in [1.54, 1.807) is 0 Å². The Morgan fingerprint density at radius 3 is 2.15 bits per heavy atom. The van der Waals surface area contributed by atoms with Crippen molar-refractivity contribution in [1.82, 2.24) is 4.90 Å². The summed E-state index contributed by atoms with van der Waals surface area (Å²) < 4.78 is 0. The summed E-state index contributed by atoms with van der Waals surface area (Å²) in [7, 11) is 2.00. The van der Waals surface area contributed by atoms with Gasteiger partial charge < -0.3 is 20.0 Å². The van der Waals surface area contributed by atoms with Crippen LogP contribution in [0.25, 0.3) is 0 Å². The molecule has 0 spiro atoms. The van der Waals surface area contributed by atoms with Gasteiger partial charge in [-0.1, -0.05) is 34.1 Å². The van der Waals surface area contributed by atoms with Crippen LogP contribution in [-0.4, -0.2) is 34.4 Å². The summed E-state index contributed by atoms with van der Waals surface area (Å²) >= 11 is 0. The van der Waals surface area contributed by atoms with Crippen LogP contribution in [0.1, 0.15) is 79.1 Å². The van der Waals surface area contributed by atoms with Crippen molar-refractivity contribution in [2.24, 2.45) is 22.7 Å². The Hall–Kier alpha value is -0.871. The Kier molecular flexibility index (Phi) is 10.5. The second-order valence-corrected chi connectivity index (χ2v) is 10.2. The van der Waals surface area contributed by atoms with Crippen LogP contribution in [0.2, 0.25) is 0 Å². The number of benzene rings is 1. The number of fused-ring (bicyclic) bond motifs is 1. The second kappa shape index (κ2) is 12.2. The summed E-state index contributed by atoms with van der Waals surface area (Å²) in [6.07, 6.45) is 12.2. The van der Waals surface area contributed by atoms with Crippen LogP contribution in [0, 0.1) is 35.4 Å². The van der Waals surface area contributed by atoms with Crippen molar-refractivity contribution in [1.29, 1.82) is 0 Å². The number of hydrogen-bond donors (Lipinski definition) is 2. The fraction of sp³-hybridized carbons (Fsp3) is 0.679. The monoisotopic (exact) mass is 633 g/mol. The summed E-state index contributed by atoms with van der Waals surface area (Å²) in [5.41, 5.74) is 1.16. The minimum absolute atomic E-state index is 0. The molecule has 189 valence electrons. The molecule has 1 aromatic rings. The standard InChI is InChI=1S/C18H34O2.C10H10N2.Ir/c1-5-17(6-2)11-9-10-13-12-18(7-3,8-4)16(20)14(13)15(17)19;1-11-7-8-12(9-11)10-5-3-2-4-6-10;/h13-16,19-20H,5-12H2,1-4H3;2-5,7-9H,1H3;/q;-2;. The van der Waals surface area contributed by atoms with E-state index in [9.17, 15) is 10.2 Å². The number of nitrogens with zero attached hydrogens (tertiary/aromatic N) is 2. The molecule has 2 N–H and O–H groups in total. The summed E-state index contributed by atoms with van der Waals surface area (Å²) in [5.74, 6) is 0.636. The van der Waals surface area contributed by atoms with Gasteiger partial charge in [0.2, 0.25) is 0 Å². The molecule has 4 unspecified atom stereocenters. The van der Waals surface area contributed by atoms with Crippen LogP contribution in [0.15, 0.2) is 36.7 Å². The van der Waals surface area contributed by atoms with Crippen LogP contribution >= 0.6 is 0 Å². The molecule has 0 saturated heterocycles. The zero-order valence-electron chi connectivity index (χ0n) is 21.1. The first-order chi connectivity index (χ1) is 15.4. The minimum Gasteiger partial charge on any atom is -0.510 e. The molecule has 5 heteroatoms. The molecular weight excluding hydrogens is 589 g/mol. The summed E-state index contributed by atoms with van der Waals surface area (Å²) in [6, 6.07) is 11.1. The molecule has 33 heavy (non-hydrogen) atoms. The number of anilines is 1. The van der Waals surface area contributed by atoms with Gasteiger partial charge in [0.25, 0.3) is 0 Å². The van der Waals surface area contributed by atoms with Crippen molar-refractivity contribution in [2.45, 2.75) is 91.3 Å². The number of para-hydroxylation sites is 1. The molecular formula is C28H44IrN2O2-2. The average molecular weight is 633 g/mol. The van der Waals surface area contributed by atoms with Crippen molar-refractivity contribution in [3.63, 3.8) is 0 Å². The third-order valence-corrected chi connectivity index (χ3v) is 9.00. The van der Waals surface area contributed by atoms with Crippen molar-refractivity contribution in [2.75, 3.05) is 11.9 Å². The Morgan fingerprint density at radius 1 is 1.00 bits per heavy atom. The zero-order valence-corrected chi connectivity index (χ0v) is 23.5. The largest absolute Gasteiger partial charge is 0.510 e. The van der Waals surface area contributed by atoms with Gasteiger partial charge in [0, 0.05) is 26.0 Å². The average Bonchev–Trinajstić information content (AvgIpc) is 3.34. The number of aliphatic hydroxyl groups is 2. The van der Waals surface area contributed by atoms with Crippen molar-refractivity contribution in [3.05, 3.63) is 49.4 Å². The van der Waals surface area contributed by atoms with Gasteiger partial charge >= 0.3 is 0 Å². The molecule has 2 fully saturated rings. The van der Waals surface area contributed by atoms with Crippen LogP contribution in [0.3, 0.4) is 0 Å². The van der Waals surface area contributed by atoms with Crippen molar-refractivity contribution >= 4 is 5.69 Å². The maximum Gasteiger partial charge on any atom is 0.0651 e. The van der Waals surface area contributed by atoms with E-state index in [0.29, 0.717) is 5.92 Å². The molecule has 0 amide bonds. The molecule has 4 rings (SSSR count). The van der Waals surface area contributed by atoms with Crippen LogP contribution in [0.5, 0.6) is 0 Å². The smallest absolute Gasteiger partial charge is 0.0651 e. The SMILES string of the molecule is CCC1(CC)CCCC2CC(CC)(CC)C(O)C2C1O.CN1C=CN(c2[c-]cccc2)[CH-]1.[Ir]. The minimum atomic E-state index is -0.319. The van der Waals surface area contributed by atoms with E-state index in [2.05, 4.69) is 33.8 Å². The third-order valence-electron chi connectivity index (χ3n) is 9.00. The molecule has 2 aliphatic carbocycles. The third kappa shape index (κ3) is 5.69. The first-order valence-corrected chi connectivity index (χ1v) is 12.7. The van der Waals surface area contributed by atoms with Crippen LogP contribution < -0.4 is 4.90 Å². The fourth-order valence-electron chi connectivity index (χ4n) is 6.56. The molecule has 1 heterocycles. The molecule has 0 aromatic heterocycles. The predicted octanol–water partition coefficient (Wildman–Crippen LogP) is 5.97. The Morgan fingerprint density at radius 2 is 1.64 bits per heavy atom. The fourth-order valence-corrected chi connectivity index (χ4v) is 6.56. The zero-order chi connectivity index (χ0) is 23.4. The second-order valence-electron chi connectivity index (χ2n) is 10.2. The summed E-state index contributed by atoms with van der Waals surface area (Å²) in [4.78, 5) is 4.03. The quantitative estimate of drug-likeness (QED) is 0.393. The molecule has 2 saturated carbocycles. The van der Waals surface area contributed by atoms with E-state index in [1.807, 2.05) is 60.2 Å². The first kappa shape index (κ1) is 28.4. The molecule has 3 aliphatic rings. The van der Waals surface area contributed by atoms with Gasteiger partial charge in [-0.2, -0.15) is 37.0 Å². The van der Waals surface area contributed by atoms with Crippen molar-refractivity contribution in [3.8, 4) is 0 Å². The first-order valence-electron chi connectivity index (χ1n) is 12.7. The van der Waals surface area contributed by atoms with Gasteiger partial charge in [-0.3, -0.25) is 0 Å². The maximum atomic E-state index is 11.1. The molecule has 1 aliphatic heterocycles. The van der Waals surface area contributed by atoms with Gasteiger partial charge in [0.05, 0.1) is 12.2 Å². The number of hydrogen-bond acceptors (Lipinski definition) is 4. The van der Waals surface area contributed by atoms with E-state index < -0.39 is 0 Å². The Labute approximate surface area is 215 Å². The maximum absolute atomic E-state index is 11.1. The van der Waals surface area contributed by atoms with Gasteiger partial charge in [0.1, 0.15) is 0 Å². The molecule has 4 atom stereocenters. The molecule has 0 bridgehead atoms. The normalized spacial score (nSPS) is 29.5. The summed E-state index contributed by atoms with van der Waals surface area (Å²) in [5, 5.41) is 22.1. The van der Waals surface area contributed by atoms with E-state index >= 15 is 0 Å². The van der Waals surface area contributed by atoms with Gasteiger partial charge in [-0.15, -0.1) is 5.69 Å². The predicted molar refractivity (Wildman–Crippen MR) is 132 cm³/mol. The Bertz CT molecular complexity index is 733. The van der Waals surface area contributed by atoms with Gasteiger partial charge in [-0.25, -0.2) is 0 Å². The van der Waals surface area contributed by atoms with E-state index in [-0.39, 0.29) is 49.1 Å². The number of aliphatic hydroxyl groups excluding tert-OH is 2. The Balaban J connectivity index is 0.000000253. The molecule has 4 nitrogen and oxygen atoms in total. The molecule has 1 radical (unpaired) electrons. The molecule has 1 aromatic carbocycles. The van der Waals surface area contributed by atoms with Crippen LogP contribution in [-0.2, 0) is 20.1 Å². The van der Waals surface area contributed by atoms with E-state index in [0.717, 1.165) is 44.2 Å². The van der Waals surface area contributed by atoms with Crippen molar-refractivity contribution < 1.29 is 30.3 Å². The van der Waals surface area contributed by atoms with Gasteiger partial charge in [0.15, 0.2) is 0 Å². The van der Waals surface area contributed by atoms with E-state index in [4.69, 9.17) is 0 Å². The van der Waals surface area contributed by atoms with Crippen LogP contribution in [0.4, 0.5) is 5.69 Å². The van der Waals surface area contributed by atoms with E-state index in [1.165, 1.54) is 12.8 Å². The topological polar surface area (TPSA) is 46.9 Å². The number of rotatable bonds is 5. The van der Waals surface area contributed by atoms with Gasteiger partial charge in [-0.05, 0) is 81.1 Å². The summed E-state index contributed by atoms with van der Waals surface area (Å²) in [6.45, 7) is 10.8.